The number of hydrogen-bond donors (Lipinski definition) is 0. The van der Waals surface area contributed by atoms with Crippen molar-refractivity contribution >= 4 is 34.2 Å². The first kappa shape index (κ1) is 25.7. The number of likely N-dealkylation sites (tertiary alicyclic amines) is 1. The van der Waals surface area contributed by atoms with Crippen LogP contribution in [0.5, 0.6) is 11.5 Å². The van der Waals surface area contributed by atoms with Gasteiger partial charge in [-0.05, 0) is 60.9 Å². The van der Waals surface area contributed by atoms with Crippen molar-refractivity contribution in [3.05, 3.63) is 89.7 Å². The molecular formula is C29H31N3O3S2. The van der Waals surface area contributed by atoms with Crippen LogP contribution in [-0.4, -0.2) is 63.6 Å². The summed E-state index contributed by atoms with van der Waals surface area (Å²) in [4.78, 5) is 21.9. The highest BCUT2D eigenvalue weighted by molar-refractivity contribution is 8.23. The zero-order chi connectivity index (χ0) is 25.6. The molecule has 0 saturated carbocycles. The molecule has 0 atom stereocenters. The standard InChI is InChI=1S/C29H31N3O3S2/c1-31(28(33)23-6-5-9-25(17-23)35-24-7-3-2-4-8-24)18-21-10-13-30-27(16-21)22-11-14-32(15-12-22)29(36)37-26-19-34-20-26/h2-10,13,16-17,22,26H,11-12,14-15,18-20H2,1H3. The van der Waals surface area contributed by atoms with Crippen LogP contribution < -0.4 is 4.74 Å². The fraction of sp³-hybridized carbons (Fsp3) is 0.345. The Bertz CT molecular complexity index is 1230. The number of carbonyl (C=O) groups excluding carboxylic acids is 1. The number of carbonyl (C=O) groups is 1. The summed E-state index contributed by atoms with van der Waals surface area (Å²) in [5.41, 5.74) is 2.78. The fourth-order valence-electron chi connectivity index (χ4n) is 4.56. The van der Waals surface area contributed by atoms with Crippen molar-refractivity contribution in [2.45, 2.75) is 30.6 Å². The van der Waals surface area contributed by atoms with Crippen LogP contribution in [-0.2, 0) is 11.3 Å². The highest BCUT2D eigenvalue weighted by Crippen LogP contribution is 2.31. The Morgan fingerprint density at radius 3 is 2.57 bits per heavy atom. The predicted molar refractivity (Wildman–Crippen MR) is 151 cm³/mol. The van der Waals surface area contributed by atoms with Crippen LogP contribution in [0, 0.1) is 0 Å². The highest BCUT2D eigenvalue weighted by atomic mass is 32.2. The molecule has 3 heterocycles. The zero-order valence-electron chi connectivity index (χ0n) is 20.9. The molecular weight excluding hydrogens is 502 g/mol. The Balaban J connectivity index is 1.17. The number of ether oxygens (including phenoxy) is 2. The van der Waals surface area contributed by atoms with E-state index in [-0.39, 0.29) is 5.91 Å². The summed E-state index contributed by atoms with van der Waals surface area (Å²) in [6.45, 7) is 4.04. The lowest BCUT2D eigenvalue weighted by Gasteiger charge is -2.35. The van der Waals surface area contributed by atoms with Crippen molar-refractivity contribution in [1.82, 2.24) is 14.8 Å². The van der Waals surface area contributed by atoms with Gasteiger partial charge in [0.1, 0.15) is 15.8 Å². The number of thioether (sulfide) groups is 1. The number of pyridine rings is 1. The minimum atomic E-state index is -0.0481. The lowest BCUT2D eigenvalue weighted by Crippen LogP contribution is -2.39. The summed E-state index contributed by atoms with van der Waals surface area (Å²) in [5, 5.41) is 0.516. The second kappa shape index (κ2) is 12.1. The third-order valence-corrected chi connectivity index (χ3v) is 8.33. The highest BCUT2D eigenvalue weighted by Gasteiger charge is 2.27. The van der Waals surface area contributed by atoms with Crippen LogP contribution >= 0.6 is 24.0 Å². The number of para-hydroxylation sites is 1. The molecule has 1 amide bonds. The third kappa shape index (κ3) is 6.69. The lowest BCUT2D eigenvalue weighted by molar-refractivity contribution is 0.0458. The summed E-state index contributed by atoms with van der Waals surface area (Å²) < 4.78 is 12.2. The maximum absolute atomic E-state index is 13.2. The van der Waals surface area contributed by atoms with Gasteiger partial charge in [-0.15, -0.1) is 0 Å². The van der Waals surface area contributed by atoms with Crippen molar-refractivity contribution in [2.24, 2.45) is 0 Å². The molecule has 8 heteroatoms. The Morgan fingerprint density at radius 2 is 1.84 bits per heavy atom. The second-order valence-electron chi connectivity index (χ2n) is 9.50. The van der Waals surface area contributed by atoms with E-state index in [2.05, 4.69) is 16.0 Å². The topological polar surface area (TPSA) is 54.9 Å². The van der Waals surface area contributed by atoms with Crippen LogP contribution in [0.1, 0.15) is 40.4 Å². The SMILES string of the molecule is CN(Cc1ccnc(C2CCN(C(=S)SC3COC3)CC2)c1)C(=O)c1cccc(Oc2ccccc2)c1. The molecule has 2 aliphatic heterocycles. The first-order chi connectivity index (χ1) is 18.0. The molecule has 2 aliphatic rings. The van der Waals surface area contributed by atoms with E-state index < -0.39 is 0 Å². The van der Waals surface area contributed by atoms with Crippen LogP contribution in [0.15, 0.2) is 72.9 Å². The van der Waals surface area contributed by atoms with Gasteiger partial charge in [0.05, 0.1) is 18.5 Å². The Kier molecular flexibility index (Phi) is 8.38. The lowest BCUT2D eigenvalue weighted by atomic mass is 9.92. The molecule has 37 heavy (non-hydrogen) atoms. The van der Waals surface area contributed by atoms with Gasteiger partial charge in [0.2, 0.25) is 0 Å². The summed E-state index contributed by atoms with van der Waals surface area (Å²) in [5.74, 6) is 1.74. The van der Waals surface area contributed by atoms with Crippen molar-refractivity contribution < 1.29 is 14.3 Å². The van der Waals surface area contributed by atoms with Crippen molar-refractivity contribution in [1.29, 1.82) is 0 Å². The van der Waals surface area contributed by atoms with E-state index in [1.165, 1.54) is 0 Å². The molecule has 5 rings (SSSR count). The Morgan fingerprint density at radius 1 is 1.08 bits per heavy atom. The molecule has 0 spiro atoms. The number of aromatic nitrogens is 1. The van der Waals surface area contributed by atoms with Crippen LogP contribution in [0.3, 0.4) is 0 Å². The maximum Gasteiger partial charge on any atom is 0.254 e. The van der Waals surface area contributed by atoms with Gasteiger partial charge >= 0.3 is 0 Å². The molecule has 0 radical (unpaired) electrons. The molecule has 192 valence electrons. The first-order valence-corrected chi connectivity index (χ1v) is 13.9. The smallest absolute Gasteiger partial charge is 0.254 e. The van der Waals surface area contributed by atoms with Crippen molar-refractivity contribution in [2.75, 3.05) is 33.4 Å². The molecule has 2 fully saturated rings. The molecule has 0 unspecified atom stereocenters. The maximum atomic E-state index is 13.2. The number of nitrogens with zero attached hydrogens (tertiary/aromatic N) is 3. The molecule has 6 nitrogen and oxygen atoms in total. The van der Waals surface area contributed by atoms with Gasteiger partial charge in [-0.2, -0.15) is 0 Å². The van der Waals surface area contributed by atoms with E-state index in [0.717, 1.165) is 60.5 Å². The van der Waals surface area contributed by atoms with Gasteiger partial charge < -0.3 is 19.3 Å². The quantitative estimate of drug-likeness (QED) is 0.359. The van der Waals surface area contributed by atoms with E-state index in [1.54, 1.807) is 22.7 Å². The largest absolute Gasteiger partial charge is 0.457 e. The van der Waals surface area contributed by atoms with Crippen molar-refractivity contribution in [3.63, 3.8) is 0 Å². The molecule has 3 aromatic rings. The average molecular weight is 534 g/mol. The number of thiocarbonyl (C=S) groups is 1. The second-order valence-corrected chi connectivity index (χ2v) is 11.4. The Hall–Kier alpha value is -2.94. The van der Waals surface area contributed by atoms with Gasteiger partial charge in [0, 0.05) is 50.1 Å². The molecule has 2 saturated heterocycles. The van der Waals surface area contributed by atoms with Gasteiger partial charge in [0.15, 0.2) is 0 Å². The monoisotopic (exact) mass is 533 g/mol. The van der Waals surface area contributed by atoms with Gasteiger partial charge in [-0.3, -0.25) is 9.78 Å². The molecule has 1 aromatic heterocycles. The normalized spacial score (nSPS) is 16.2. The van der Waals surface area contributed by atoms with E-state index >= 15 is 0 Å². The number of hydrogen-bond acceptors (Lipinski definition) is 6. The van der Waals surface area contributed by atoms with Crippen LogP contribution in [0.25, 0.3) is 0 Å². The first-order valence-electron chi connectivity index (χ1n) is 12.6. The molecule has 0 bridgehead atoms. The average Bonchev–Trinajstić information content (AvgIpc) is 2.91. The summed E-state index contributed by atoms with van der Waals surface area (Å²) in [7, 11) is 1.83. The summed E-state index contributed by atoms with van der Waals surface area (Å²) >= 11 is 7.42. The number of amides is 1. The van der Waals surface area contributed by atoms with E-state index in [0.29, 0.717) is 29.0 Å². The van der Waals surface area contributed by atoms with E-state index in [9.17, 15) is 4.79 Å². The number of benzene rings is 2. The Labute approximate surface area is 228 Å². The van der Waals surface area contributed by atoms with Gasteiger partial charge in [-0.25, -0.2) is 0 Å². The predicted octanol–water partition coefficient (Wildman–Crippen LogP) is 5.74. The molecule has 0 N–H and O–H groups in total. The van der Waals surface area contributed by atoms with Gasteiger partial charge in [-0.1, -0.05) is 48.2 Å². The molecule has 2 aromatic carbocycles. The minimum Gasteiger partial charge on any atom is -0.457 e. The van der Waals surface area contributed by atoms with Crippen LogP contribution in [0.4, 0.5) is 0 Å². The fourth-order valence-corrected chi connectivity index (χ4v) is 6.09. The molecule has 0 aliphatic carbocycles. The number of rotatable bonds is 7. The summed E-state index contributed by atoms with van der Waals surface area (Å²) in [6.07, 6.45) is 3.92. The van der Waals surface area contributed by atoms with Gasteiger partial charge in [0.25, 0.3) is 5.91 Å². The van der Waals surface area contributed by atoms with E-state index in [1.807, 2.05) is 67.8 Å². The summed E-state index contributed by atoms with van der Waals surface area (Å²) in [6, 6.07) is 21.0. The number of piperidine rings is 1. The van der Waals surface area contributed by atoms with Crippen LogP contribution in [0.2, 0.25) is 0 Å². The third-order valence-electron chi connectivity index (χ3n) is 6.72. The van der Waals surface area contributed by atoms with Crippen molar-refractivity contribution in [3.8, 4) is 11.5 Å². The van der Waals surface area contributed by atoms with E-state index in [4.69, 9.17) is 21.7 Å². The minimum absolute atomic E-state index is 0.0481. The zero-order valence-corrected chi connectivity index (χ0v) is 22.5.